The molecule has 0 unspecified atom stereocenters. The van der Waals surface area contributed by atoms with Crippen LogP contribution in [0, 0.1) is 12.8 Å². The number of nitrogens with zero attached hydrogens (tertiary/aromatic N) is 6. The van der Waals surface area contributed by atoms with Crippen LogP contribution in [-0.4, -0.2) is 56.5 Å². The second kappa shape index (κ2) is 7.66. The highest BCUT2D eigenvalue weighted by molar-refractivity contribution is 5.13. The maximum atomic E-state index is 5.63. The van der Waals surface area contributed by atoms with E-state index in [9.17, 15) is 0 Å². The van der Waals surface area contributed by atoms with Crippen LogP contribution >= 0.6 is 0 Å². The Hall–Kier alpha value is -1.73. The molecule has 0 saturated carbocycles. The van der Waals surface area contributed by atoms with E-state index >= 15 is 0 Å². The molecule has 7 heteroatoms. The fourth-order valence-corrected chi connectivity index (χ4v) is 3.97. The lowest BCUT2D eigenvalue weighted by Gasteiger charge is -2.42. The van der Waals surface area contributed by atoms with Gasteiger partial charge in [0.25, 0.3) is 0 Å². The number of rotatable bonds is 6. The zero-order chi connectivity index (χ0) is 18.0. The van der Waals surface area contributed by atoms with Crippen LogP contribution in [0.2, 0.25) is 0 Å². The first-order valence-corrected chi connectivity index (χ1v) is 9.22. The van der Waals surface area contributed by atoms with Gasteiger partial charge in [0.2, 0.25) is 11.8 Å². The normalized spacial score (nSPS) is 23.3. The lowest BCUT2D eigenvalue weighted by molar-refractivity contribution is 0.0646. The van der Waals surface area contributed by atoms with Crippen molar-refractivity contribution >= 4 is 0 Å². The van der Waals surface area contributed by atoms with Crippen molar-refractivity contribution in [3.05, 3.63) is 29.7 Å². The molecular formula is C18H30N6O. The zero-order valence-electron chi connectivity index (χ0n) is 16.0. The summed E-state index contributed by atoms with van der Waals surface area (Å²) in [6.45, 7) is 9.44. The first-order chi connectivity index (χ1) is 12.0. The van der Waals surface area contributed by atoms with Crippen molar-refractivity contribution in [3.63, 3.8) is 0 Å². The van der Waals surface area contributed by atoms with Crippen LogP contribution in [-0.2, 0) is 7.05 Å². The quantitative estimate of drug-likeness (QED) is 0.801. The molecule has 3 atom stereocenters. The minimum atomic E-state index is 0.118. The Morgan fingerprint density at radius 2 is 2.20 bits per heavy atom. The van der Waals surface area contributed by atoms with Crippen molar-refractivity contribution in [2.45, 2.75) is 45.7 Å². The molecule has 0 aromatic carbocycles. The summed E-state index contributed by atoms with van der Waals surface area (Å²) in [5, 5.41) is 12.6. The molecule has 25 heavy (non-hydrogen) atoms. The van der Waals surface area contributed by atoms with Gasteiger partial charge in [0, 0.05) is 38.3 Å². The lowest BCUT2D eigenvalue weighted by Crippen LogP contribution is -2.43. The Labute approximate surface area is 150 Å². The van der Waals surface area contributed by atoms with Gasteiger partial charge >= 0.3 is 0 Å². The number of hydrogen-bond donors (Lipinski definition) is 0. The van der Waals surface area contributed by atoms with E-state index in [2.05, 4.69) is 52.2 Å². The topological polar surface area (TPSA) is 63.2 Å². The number of likely N-dealkylation sites (tertiary alicyclic amines) is 1. The molecule has 3 rings (SSSR count). The average Bonchev–Trinajstić information content (AvgIpc) is 3.22. The second-order valence-corrected chi connectivity index (χ2v) is 7.20. The lowest BCUT2D eigenvalue weighted by atomic mass is 9.85. The van der Waals surface area contributed by atoms with Crippen LogP contribution < -0.4 is 0 Å². The summed E-state index contributed by atoms with van der Waals surface area (Å²) in [5.74, 6) is 1.88. The molecule has 0 bridgehead atoms. The highest BCUT2D eigenvalue weighted by Gasteiger charge is 2.34. The molecule has 0 N–H and O–H groups in total. The zero-order valence-corrected chi connectivity index (χ0v) is 16.0. The number of piperidine rings is 1. The Balaban J connectivity index is 1.76. The maximum absolute atomic E-state index is 5.63. The molecule has 2 aromatic heterocycles. The molecule has 2 aromatic rings. The van der Waals surface area contributed by atoms with Crippen molar-refractivity contribution in [1.82, 2.24) is 29.8 Å². The van der Waals surface area contributed by atoms with Crippen LogP contribution in [0.1, 0.15) is 56.1 Å². The van der Waals surface area contributed by atoms with Gasteiger partial charge < -0.3 is 4.42 Å². The van der Waals surface area contributed by atoms with E-state index in [0.29, 0.717) is 23.7 Å². The van der Waals surface area contributed by atoms with E-state index in [1.165, 1.54) is 18.4 Å². The Kier molecular flexibility index (Phi) is 5.54. The maximum Gasteiger partial charge on any atom is 0.233 e. The standard InChI is InChI=1S/C18H30N6O/c1-6-24-9-7-8-15(17(24)16-10-19-23(5)12-16)11-22(4)13(2)18-21-20-14(3)25-18/h10,12-13,15,17H,6-9,11H2,1-5H3/t13-,15-,17+/m0/s1. The van der Waals surface area contributed by atoms with Crippen molar-refractivity contribution in [2.24, 2.45) is 13.0 Å². The molecule has 0 aliphatic carbocycles. The monoisotopic (exact) mass is 346 g/mol. The van der Waals surface area contributed by atoms with Gasteiger partial charge in [-0.2, -0.15) is 5.10 Å². The van der Waals surface area contributed by atoms with Crippen LogP contribution in [0.3, 0.4) is 0 Å². The number of hydrogen-bond acceptors (Lipinski definition) is 6. The van der Waals surface area contributed by atoms with Crippen molar-refractivity contribution < 1.29 is 4.42 Å². The second-order valence-electron chi connectivity index (χ2n) is 7.20. The molecular weight excluding hydrogens is 316 g/mol. The summed E-state index contributed by atoms with van der Waals surface area (Å²) < 4.78 is 7.53. The van der Waals surface area contributed by atoms with E-state index in [-0.39, 0.29) is 6.04 Å². The smallest absolute Gasteiger partial charge is 0.233 e. The van der Waals surface area contributed by atoms with Crippen molar-refractivity contribution in [2.75, 3.05) is 26.7 Å². The predicted octanol–water partition coefficient (Wildman–Crippen LogP) is 2.58. The third-order valence-corrected chi connectivity index (χ3v) is 5.42. The summed E-state index contributed by atoms with van der Waals surface area (Å²) in [6.07, 6.45) is 6.67. The molecule has 0 amide bonds. The molecule has 0 spiro atoms. The summed E-state index contributed by atoms with van der Waals surface area (Å²) >= 11 is 0. The van der Waals surface area contributed by atoms with Crippen molar-refractivity contribution in [3.8, 4) is 0 Å². The molecule has 1 aliphatic rings. The van der Waals surface area contributed by atoms with E-state index < -0.39 is 0 Å². The third kappa shape index (κ3) is 3.93. The number of aromatic nitrogens is 4. The Bertz CT molecular complexity index is 681. The molecule has 1 saturated heterocycles. The highest BCUT2D eigenvalue weighted by Crippen LogP contribution is 2.37. The third-order valence-electron chi connectivity index (χ3n) is 5.42. The van der Waals surface area contributed by atoms with Crippen LogP contribution in [0.25, 0.3) is 0 Å². The van der Waals surface area contributed by atoms with E-state index in [4.69, 9.17) is 4.42 Å². The van der Waals surface area contributed by atoms with Gasteiger partial charge in [-0.05, 0) is 45.8 Å². The van der Waals surface area contributed by atoms with Gasteiger partial charge in [0.1, 0.15) is 0 Å². The van der Waals surface area contributed by atoms with Crippen molar-refractivity contribution in [1.29, 1.82) is 0 Å². The Morgan fingerprint density at radius 1 is 1.40 bits per heavy atom. The highest BCUT2D eigenvalue weighted by atomic mass is 16.4. The molecule has 3 heterocycles. The van der Waals surface area contributed by atoms with Crippen LogP contribution in [0.4, 0.5) is 0 Å². The van der Waals surface area contributed by atoms with Gasteiger partial charge in [0.05, 0.1) is 12.2 Å². The summed E-state index contributed by atoms with van der Waals surface area (Å²) in [6, 6.07) is 0.541. The van der Waals surface area contributed by atoms with Gasteiger partial charge in [-0.1, -0.05) is 6.92 Å². The van der Waals surface area contributed by atoms with E-state index in [1.807, 2.05) is 24.9 Å². The molecule has 1 fully saturated rings. The minimum absolute atomic E-state index is 0.118. The van der Waals surface area contributed by atoms with E-state index in [0.717, 1.165) is 19.6 Å². The fourth-order valence-electron chi connectivity index (χ4n) is 3.97. The molecule has 1 aliphatic heterocycles. The van der Waals surface area contributed by atoms with Gasteiger partial charge in [0.15, 0.2) is 0 Å². The number of aryl methyl sites for hydroxylation is 2. The van der Waals surface area contributed by atoms with Gasteiger partial charge in [-0.15, -0.1) is 10.2 Å². The molecule has 0 radical (unpaired) electrons. The van der Waals surface area contributed by atoms with Crippen LogP contribution in [0.5, 0.6) is 0 Å². The molecule has 138 valence electrons. The molecule has 7 nitrogen and oxygen atoms in total. The SMILES string of the molecule is CCN1CCC[C@@H](CN(C)[C@@H](C)c2nnc(C)o2)[C@@H]1c1cnn(C)c1. The Morgan fingerprint density at radius 3 is 2.80 bits per heavy atom. The summed E-state index contributed by atoms with van der Waals surface area (Å²) in [5.41, 5.74) is 1.32. The van der Waals surface area contributed by atoms with Gasteiger partial charge in [-0.3, -0.25) is 14.5 Å². The first kappa shape index (κ1) is 18.1. The van der Waals surface area contributed by atoms with E-state index in [1.54, 1.807) is 0 Å². The summed E-state index contributed by atoms with van der Waals surface area (Å²) in [4.78, 5) is 4.92. The van der Waals surface area contributed by atoms with Crippen LogP contribution in [0.15, 0.2) is 16.8 Å². The largest absolute Gasteiger partial charge is 0.424 e. The first-order valence-electron chi connectivity index (χ1n) is 9.22. The predicted molar refractivity (Wildman–Crippen MR) is 96.0 cm³/mol. The fraction of sp³-hybridized carbons (Fsp3) is 0.722. The summed E-state index contributed by atoms with van der Waals surface area (Å²) in [7, 11) is 4.14. The van der Waals surface area contributed by atoms with Gasteiger partial charge in [-0.25, -0.2) is 0 Å². The average molecular weight is 346 g/mol. The minimum Gasteiger partial charge on any atom is -0.424 e.